The molecule has 1 atom stereocenters. The molecule has 2 aromatic heterocycles. The number of pyridine rings is 2. The second-order valence-corrected chi connectivity index (χ2v) is 14.8. The molecule has 0 radical (unpaired) electrons. The van der Waals surface area contributed by atoms with Crippen LogP contribution < -0.4 is 21.1 Å². The van der Waals surface area contributed by atoms with Gasteiger partial charge in [0, 0.05) is 65.9 Å². The maximum atomic E-state index is 13.8. The molecule has 49 heavy (non-hydrogen) atoms. The first kappa shape index (κ1) is 35.6. The second-order valence-electron chi connectivity index (χ2n) is 14.8. The SMILES string of the molecule is CCC1(C(=O)Nc2cc(-c3ccc(N4CCN(C(=O)O)C(C(C)(C)C)C4)nc3)cc(C(=O)NCc3c(C)cc(C)[nH]c3=O)c2C)CCCC1. The molecule has 3 heterocycles. The smallest absolute Gasteiger partial charge is 0.407 e. The molecule has 2 fully saturated rings. The quantitative estimate of drug-likeness (QED) is 0.216. The molecule has 1 aliphatic heterocycles. The summed E-state index contributed by atoms with van der Waals surface area (Å²) in [6.07, 6.45) is 5.31. The van der Waals surface area contributed by atoms with Crippen molar-refractivity contribution in [2.75, 3.05) is 29.9 Å². The van der Waals surface area contributed by atoms with E-state index in [1.807, 2.05) is 65.8 Å². The van der Waals surface area contributed by atoms with E-state index in [0.29, 0.717) is 42.0 Å². The molecule has 5 rings (SSSR count). The van der Waals surface area contributed by atoms with Crippen LogP contribution in [0.1, 0.15) is 92.5 Å². The summed E-state index contributed by atoms with van der Waals surface area (Å²) < 4.78 is 0. The normalized spacial score (nSPS) is 17.6. The Labute approximate surface area is 288 Å². The maximum Gasteiger partial charge on any atom is 0.407 e. The summed E-state index contributed by atoms with van der Waals surface area (Å²) >= 11 is 0. The third kappa shape index (κ3) is 7.50. The van der Waals surface area contributed by atoms with E-state index in [4.69, 9.17) is 4.98 Å². The van der Waals surface area contributed by atoms with Gasteiger partial charge in [-0.15, -0.1) is 0 Å². The number of carbonyl (C=O) groups excluding carboxylic acids is 2. The predicted octanol–water partition coefficient (Wildman–Crippen LogP) is 6.42. The van der Waals surface area contributed by atoms with E-state index in [1.165, 1.54) is 4.90 Å². The highest BCUT2D eigenvalue weighted by atomic mass is 16.4. The molecule has 1 saturated heterocycles. The minimum atomic E-state index is -0.913. The molecule has 1 aromatic carbocycles. The number of aromatic nitrogens is 2. The number of anilines is 2. The van der Waals surface area contributed by atoms with Crippen molar-refractivity contribution in [3.8, 4) is 11.1 Å². The number of benzene rings is 1. The third-order valence-corrected chi connectivity index (χ3v) is 10.6. The van der Waals surface area contributed by atoms with Gasteiger partial charge >= 0.3 is 6.09 Å². The highest BCUT2D eigenvalue weighted by molar-refractivity contribution is 6.02. The average molecular weight is 671 g/mol. The van der Waals surface area contributed by atoms with Crippen LogP contribution in [0, 0.1) is 31.6 Å². The number of piperazine rings is 1. The summed E-state index contributed by atoms with van der Waals surface area (Å²) in [5.74, 6) is 0.365. The molecular weight excluding hydrogens is 620 g/mol. The van der Waals surface area contributed by atoms with Crippen LogP contribution in [0.4, 0.5) is 16.3 Å². The van der Waals surface area contributed by atoms with Gasteiger partial charge in [-0.05, 0) is 92.5 Å². The first-order valence-electron chi connectivity index (χ1n) is 17.3. The highest BCUT2D eigenvalue weighted by Crippen LogP contribution is 2.42. The molecule has 1 aliphatic carbocycles. The van der Waals surface area contributed by atoms with E-state index in [2.05, 4.69) is 27.4 Å². The van der Waals surface area contributed by atoms with Gasteiger partial charge in [0.1, 0.15) is 5.82 Å². The Bertz CT molecular complexity index is 1790. The fraction of sp³-hybridized carbons (Fsp3) is 0.500. The Morgan fingerprint density at radius 3 is 2.35 bits per heavy atom. The standard InChI is InChI=1S/C38H50N6O5/c1-8-38(13-9-10-14-38)35(47)42-30-19-27(18-28(25(30)4)33(45)40-21-29-23(2)17-24(3)41-34(29)46)26-11-12-32(39-20-26)43-15-16-44(36(48)49)31(22-43)37(5,6)7/h11-12,17-20,31H,8-10,13-16,21-22H2,1-7H3,(H,40,45)(H,41,46)(H,42,47)(H,48,49). The average Bonchev–Trinajstić information content (AvgIpc) is 3.55. The van der Waals surface area contributed by atoms with Crippen LogP contribution in [0.5, 0.6) is 0 Å². The van der Waals surface area contributed by atoms with Crippen molar-refractivity contribution in [1.29, 1.82) is 0 Å². The number of hydrogen-bond acceptors (Lipinski definition) is 6. The van der Waals surface area contributed by atoms with Crippen LogP contribution in [0.15, 0.2) is 41.3 Å². The van der Waals surface area contributed by atoms with E-state index < -0.39 is 11.5 Å². The van der Waals surface area contributed by atoms with Crippen molar-refractivity contribution >= 4 is 29.4 Å². The number of nitrogens with one attached hydrogen (secondary N) is 3. The van der Waals surface area contributed by atoms with Gasteiger partial charge in [-0.3, -0.25) is 14.4 Å². The Hall–Kier alpha value is -4.67. The van der Waals surface area contributed by atoms with Crippen LogP contribution in [0.3, 0.4) is 0 Å². The van der Waals surface area contributed by atoms with Crippen molar-refractivity contribution in [2.24, 2.45) is 10.8 Å². The molecule has 11 heteroatoms. The van der Waals surface area contributed by atoms with Crippen LogP contribution in [0.25, 0.3) is 11.1 Å². The van der Waals surface area contributed by atoms with Gasteiger partial charge in [0.15, 0.2) is 0 Å². The van der Waals surface area contributed by atoms with Crippen molar-refractivity contribution in [3.05, 3.63) is 74.8 Å². The number of rotatable bonds is 8. The Balaban J connectivity index is 1.46. The van der Waals surface area contributed by atoms with Crippen molar-refractivity contribution < 1.29 is 19.5 Å². The summed E-state index contributed by atoms with van der Waals surface area (Å²) in [4.78, 5) is 63.3. The lowest BCUT2D eigenvalue weighted by atomic mass is 9.82. The first-order valence-corrected chi connectivity index (χ1v) is 17.3. The predicted molar refractivity (Wildman–Crippen MR) is 192 cm³/mol. The van der Waals surface area contributed by atoms with E-state index in [0.717, 1.165) is 60.3 Å². The van der Waals surface area contributed by atoms with Crippen LogP contribution >= 0.6 is 0 Å². The summed E-state index contributed by atoms with van der Waals surface area (Å²) in [6.45, 7) is 15.2. The van der Waals surface area contributed by atoms with Gasteiger partial charge in [0.2, 0.25) is 5.91 Å². The number of hydrogen-bond donors (Lipinski definition) is 4. The number of carboxylic acid groups (broad SMARTS) is 1. The van der Waals surface area contributed by atoms with Gasteiger partial charge in [0.25, 0.3) is 11.5 Å². The van der Waals surface area contributed by atoms with Crippen molar-refractivity contribution in [2.45, 2.75) is 93.2 Å². The van der Waals surface area contributed by atoms with E-state index in [1.54, 1.807) is 12.3 Å². The zero-order valence-electron chi connectivity index (χ0n) is 29.8. The summed E-state index contributed by atoms with van der Waals surface area (Å²) in [5.41, 5.74) is 4.22. The van der Waals surface area contributed by atoms with Crippen molar-refractivity contribution in [3.63, 3.8) is 0 Å². The van der Waals surface area contributed by atoms with E-state index in [9.17, 15) is 24.3 Å². The van der Waals surface area contributed by atoms with E-state index >= 15 is 0 Å². The minimum Gasteiger partial charge on any atom is -0.465 e. The molecule has 1 unspecified atom stereocenters. The van der Waals surface area contributed by atoms with Crippen LogP contribution in [-0.4, -0.2) is 63.6 Å². The topological polar surface area (TPSA) is 148 Å². The molecule has 2 aliphatic rings. The summed E-state index contributed by atoms with van der Waals surface area (Å²) in [5, 5.41) is 15.9. The number of nitrogens with zero attached hydrogens (tertiary/aromatic N) is 3. The number of carbonyl (C=O) groups is 3. The summed E-state index contributed by atoms with van der Waals surface area (Å²) in [6, 6.07) is 9.23. The highest BCUT2D eigenvalue weighted by Gasteiger charge is 2.40. The molecule has 11 nitrogen and oxygen atoms in total. The minimum absolute atomic E-state index is 0.0247. The molecule has 4 N–H and O–H groups in total. The molecule has 3 aromatic rings. The molecule has 262 valence electrons. The monoisotopic (exact) mass is 670 g/mol. The number of amides is 3. The lowest BCUT2D eigenvalue weighted by Gasteiger charge is -2.46. The van der Waals surface area contributed by atoms with E-state index in [-0.39, 0.29) is 35.4 Å². The Morgan fingerprint density at radius 2 is 1.76 bits per heavy atom. The van der Waals surface area contributed by atoms with Crippen molar-refractivity contribution in [1.82, 2.24) is 20.2 Å². The molecular formula is C38H50N6O5. The molecule has 0 spiro atoms. The zero-order valence-corrected chi connectivity index (χ0v) is 29.8. The number of aromatic amines is 1. The van der Waals surface area contributed by atoms with Crippen LogP contribution in [-0.2, 0) is 11.3 Å². The first-order chi connectivity index (χ1) is 23.1. The summed E-state index contributed by atoms with van der Waals surface area (Å²) in [7, 11) is 0. The fourth-order valence-corrected chi connectivity index (χ4v) is 7.36. The third-order valence-electron chi connectivity index (χ3n) is 10.6. The van der Waals surface area contributed by atoms with Gasteiger partial charge in [0.05, 0.1) is 6.04 Å². The molecule has 0 bridgehead atoms. The fourth-order valence-electron chi connectivity index (χ4n) is 7.36. The lowest BCUT2D eigenvalue weighted by molar-refractivity contribution is -0.125. The van der Waals surface area contributed by atoms with Gasteiger partial charge < -0.3 is 30.5 Å². The van der Waals surface area contributed by atoms with Gasteiger partial charge in [-0.2, -0.15) is 0 Å². The second kappa shape index (κ2) is 14.1. The largest absolute Gasteiger partial charge is 0.465 e. The molecule has 3 amide bonds. The van der Waals surface area contributed by atoms with Crippen LogP contribution in [0.2, 0.25) is 0 Å². The zero-order chi connectivity index (χ0) is 35.7. The molecule has 1 saturated carbocycles. The Kier molecular flexibility index (Phi) is 10.2. The number of H-pyrrole nitrogens is 1. The van der Waals surface area contributed by atoms with Gasteiger partial charge in [-0.25, -0.2) is 9.78 Å². The maximum absolute atomic E-state index is 13.8. The van der Waals surface area contributed by atoms with Gasteiger partial charge in [-0.1, -0.05) is 40.5 Å². The number of aryl methyl sites for hydroxylation is 2. The lowest BCUT2D eigenvalue weighted by Crippen LogP contribution is -2.59. The Morgan fingerprint density at radius 1 is 1.04 bits per heavy atom.